The molecule has 2 aromatic heterocycles. The Labute approximate surface area is 141 Å². The highest BCUT2D eigenvalue weighted by molar-refractivity contribution is 7.92. The average Bonchev–Trinajstić information content (AvgIpc) is 2.53. The molecule has 3 aromatic rings. The molecule has 0 aliphatic heterocycles. The maximum absolute atomic E-state index is 13.1. The van der Waals surface area contributed by atoms with E-state index < -0.39 is 21.8 Å². The number of hydrogen-bond donors (Lipinski definition) is 1. The van der Waals surface area contributed by atoms with E-state index in [-0.39, 0.29) is 21.6 Å². The summed E-state index contributed by atoms with van der Waals surface area (Å²) < 4.78 is 66.7. The molecule has 0 amide bonds. The van der Waals surface area contributed by atoms with E-state index >= 15 is 0 Å². The first kappa shape index (κ1) is 17.2. The zero-order valence-corrected chi connectivity index (χ0v) is 13.7. The van der Waals surface area contributed by atoms with E-state index in [1.54, 1.807) is 19.1 Å². The Morgan fingerprint density at radius 1 is 1.00 bits per heavy atom. The lowest BCUT2D eigenvalue weighted by atomic mass is 10.1. The van der Waals surface area contributed by atoms with Crippen LogP contribution in [0.15, 0.2) is 53.8 Å². The zero-order chi connectivity index (χ0) is 18.2. The van der Waals surface area contributed by atoms with Crippen molar-refractivity contribution in [1.82, 2.24) is 9.97 Å². The number of rotatable bonds is 3. The number of anilines is 1. The van der Waals surface area contributed by atoms with E-state index in [1.165, 1.54) is 24.4 Å². The second-order valence-corrected chi connectivity index (χ2v) is 6.89. The Balaban J connectivity index is 2.13. The van der Waals surface area contributed by atoms with Crippen molar-refractivity contribution in [3.05, 3.63) is 59.9 Å². The molecule has 0 radical (unpaired) electrons. The van der Waals surface area contributed by atoms with E-state index in [0.29, 0.717) is 5.56 Å². The van der Waals surface area contributed by atoms with Crippen molar-refractivity contribution >= 4 is 26.6 Å². The Morgan fingerprint density at radius 2 is 1.76 bits per heavy atom. The lowest BCUT2D eigenvalue weighted by Crippen LogP contribution is -2.16. The standard InChI is InChI=1S/C16H12F3N3O2S/c1-10-4-3-8-21-15(10)25(23,24)22-13-6-2-5-11-12(16(17,18)19)7-9-20-14(11)13/h2-9,22H,1H3. The van der Waals surface area contributed by atoms with Crippen LogP contribution in [-0.2, 0) is 16.2 Å². The van der Waals surface area contributed by atoms with Gasteiger partial charge in [-0.3, -0.25) is 9.71 Å². The number of aromatic nitrogens is 2. The minimum absolute atomic E-state index is 0.0475. The summed E-state index contributed by atoms with van der Waals surface area (Å²) in [5.41, 5.74) is -0.602. The van der Waals surface area contributed by atoms with Crippen molar-refractivity contribution in [1.29, 1.82) is 0 Å². The molecule has 0 saturated carbocycles. The van der Waals surface area contributed by atoms with Crippen LogP contribution in [0.2, 0.25) is 0 Å². The van der Waals surface area contributed by atoms with Gasteiger partial charge in [0.25, 0.3) is 10.0 Å². The van der Waals surface area contributed by atoms with Gasteiger partial charge in [-0.05, 0) is 30.7 Å². The number of sulfonamides is 1. The maximum atomic E-state index is 13.1. The first-order valence-corrected chi connectivity index (χ1v) is 8.58. The van der Waals surface area contributed by atoms with Crippen molar-refractivity contribution in [2.75, 3.05) is 4.72 Å². The molecule has 0 bridgehead atoms. The van der Waals surface area contributed by atoms with Gasteiger partial charge in [0.05, 0.1) is 16.8 Å². The summed E-state index contributed by atoms with van der Waals surface area (Å²) in [6.45, 7) is 1.57. The summed E-state index contributed by atoms with van der Waals surface area (Å²) in [6.07, 6.45) is -2.25. The summed E-state index contributed by atoms with van der Waals surface area (Å²) in [4.78, 5) is 7.74. The van der Waals surface area contributed by atoms with Gasteiger partial charge in [-0.1, -0.05) is 18.2 Å². The molecule has 25 heavy (non-hydrogen) atoms. The van der Waals surface area contributed by atoms with Gasteiger partial charge in [0.15, 0.2) is 5.03 Å². The number of pyridine rings is 2. The van der Waals surface area contributed by atoms with Crippen molar-refractivity contribution in [3.63, 3.8) is 0 Å². The summed E-state index contributed by atoms with van der Waals surface area (Å²) >= 11 is 0. The van der Waals surface area contributed by atoms with Gasteiger partial charge in [0.2, 0.25) is 0 Å². The van der Waals surface area contributed by atoms with Crippen LogP contribution in [0.5, 0.6) is 0 Å². The summed E-state index contributed by atoms with van der Waals surface area (Å²) in [5, 5.41) is -0.382. The number of para-hydroxylation sites is 1. The molecular weight excluding hydrogens is 355 g/mol. The normalized spacial score (nSPS) is 12.3. The molecule has 9 heteroatoms. The van der Waals surface area contributed by atoms with Crippen LogP contribution in [-0.4, -0.2) is 18.4 Å². The van der Waals surface area contributed by atoms with Gasteiger partial charge >= 0.3 is 6.18 Å². The van der Waals surface area contributed by atoms with E-state index in [4.69, 9.17) is 0 Å². The van der Waals surface area contributed by atoms with Crippen LogP contribution in [0.25, 0.3) is 10.9 Å². The molecule has 0 spiro atoms. The molecule has 0 aliphatic carbocycles. The molecule has 2 heterocycles. The second kappa shape index (κ2) is 5.99. The van der Waals surface area contributed by atoms with E-state index in [2.05, 4.69) is 14.7 Å². The quantitative estimate of drug-likeness (QED) is 0.765. The minimum atomic E-state index is -4.57. The SMILES string of the molecule is Cc1cccnc1S(=O)(=O)Nc1cccc2c(C(F)(F)F)ccnc12. The minimum Gasteiger partial charge on any atom is -0.276 e. The molecule has 0 aliphatic rings. The molecule has 3 rings (SSSR count). The molecule has 1 aromatic carbocycles. The van der Waals surface area contributed by atoms with Crippen LogP contribution < -0.4 is 4.72 Å². The van der Waals surface area contributed by atoms with Crippen LogP contribution in [0.3, 0.4) is 0 Å². The molecule has 130 valence electrons. The molecular formula is C16H12F3N3O2S. The lowest BCUT2D eigenvalue weighted by molar-refractivity contribution is -0.136. The topological polar surface area (TPSA) is 72.0 Å². The highest BCUT2D eigenvalue weighted by Crippen LogP contribution is 2.36. The Bertz CT molecular complexity index is 1050. The summed E-state index contributed by atoms with van der Waals surface area (Å²) in [6, 6.07) is 7.94. The van der Waals surface area contributed by atoms with Gasteiger partial charge in [-0.25, -0.2) is 4.98 Å². The fourth-order valence-electron chi connectivity index (χ4n) is 2.45. The molecule has 0 saturated heterocycles. The lowest BCUT2D eigenvalue weighted by Gasteiger charge is -2.13. The van der Waals surface area contributed by atoms with Crippen molar-refractivity contribution in [3.8, 4) is 0 Å². The number of fused-ring (bicyclic) bond motifs is 1. The number of alkyl halides is 3. The molecule has 0 unspecified atom stereocenters. The summed E-state index contributed by atoms with van der Waals surface area (Å²) in [5.74, 6) is 0. The van der Waals surface area contributed by atoms with Crippen molar-refractivity contribution < 1.29 is 21.6 Å². The van der Waals surface area contributed by atoms with Crippen LogP contribution in [0.4, 0.5) is 18.9 Å². The van der Waals surface area contributed by atoms with Gasteiger partial charge in [-0.15, -0.1) is 0 Å². The fraction of sp³-hybridized carbons (Fsp3) is 0.125. The van der Waals surface area contributed by atoms with Gasteiger partial charge in [0, 0.05) is 17.8 Å². The second-order valence-electron chi connectivity index (χ2n) is 5.29. The molecule has 0 atom stereocenters. The van der Waals surface area contributed by atoms with E-state index in [9.17, 15) is 21.6 Å². The number of aryl methyl sites for hydroxylation is 1. The molecule has 0 fully saturated rings. The van der Waals surface area contributed by atoms with Gasteiger partial charge < -0.3 is 0 Å². The zero-order valence-electron chi connectivity index (χ0n) is 12.9. The summed E-state index contributed by atoms with van der Waals surface area (Å²) in [7, 11) is -4.07. The molecule has 5 nitrogen and oxygen atoms in total. The third kappa shape index (κ3) is 3.27. The number of halogens is 3. The van der Waals surface area contributed by atoms with Crippen molar-refractivity contribution in [2.24, 2.45) is 0 Å². The third-order valence-electron chi connectivity index (χ3n) is 3.54. The van der Waals surface area contributed by atoms with E-state index in [0.717, 1.165) is 12.3 Å². The maximum Gasteiger partial charge on any atom is 0.417 e. The number of nitrogens with one attached hydrogen (secondary N) is 1. The predicted molar refractivity (Wildman–Crippen MR) is 86.5 cm³/mol. The van der Waals surface area contributed by atoms with Gasteiger partial charge in [0.1, 0.15) is 0 Å². The Hall–Kier alpha value is -2.68. The largest absolute Gasteiger partial charge is 0.417 e. The fourth-order valence-corrected chi connectivity index (χ4v) is 3.69. The van der Waals surface area contributed by atoms with E-state index in [1.807, 2.05) is 0 Å². The van der Waals surface area contributed by atoms with Crippen LogP contribution in [0, 0.1) is 6.92 Å². The molecule has 1 N–H and O–H groups in total. The Morgan fingerprint density at radius 3 is 2.44 bits per heavy atom. The first-order chi connectivity index (χ1) is 11.7. The third-order valence-corrected chi connectivity index (χ3v) is 4.96. The highest BCUT2D eigenvalue weighted by atomic mass is 32.2. The highest BCUT2D eigenvalue weighted by Gasteiger charge is 2.33. The van der Waals surface area contributed by atoms with Gasteiger partial charge in [-0.2, -0.15) is 21.6 Å². The number of nitrogens with zero attached hydrogens (tertiary/aromatic N) is 2. The monoisotopic (exact) mass is 367 g/mol. The number of hydrogen-bond acceptors (Lipinski definition) is 4. The Kier molecular flexibility index (Phi) is 4.11. The smallest absolute Gasteiger partial charge is 0.276 e. The predicted octanol–water partition coefficient (Wildman–Crippen LogP) is 3.76. The van der Waals surface area contributed by atoms with Crippen molar-refractivity contribution in [2.45, 2.75) is 18.1 Å². The first-order valence-electron chi connectivity index (χ1n) is 7.09. The average molecular weight is 367 g/mol. The number of benzene rings is 1. The van der Waals surface area contributed by atoms with Crippen LogP contribution in [0.1, 0.15) is 11.1 Å². The van der Waals surface area contributed by atoms with Crippen LogP contribution >= 0.6 is 0 Å².